The molecular formula is C14H17Cl2N3S. The number of hydrazone groups is 1. The van der Waals surface area contributed by atoms with Gasteiger partial charge in [0.2, 0.25) is 0 Å². The zero-order chi connectivity index (χ0) is 14.4. The van der Waals surface area contributed by atoms with Crippen molar-refractivity contribution in [1.29, 1.82) is 0 Å². The lowest BCUT2D eigenvalue weighted by Crippen LogP contribution is -2.40. The van der Waals surface area contributed by atoms with Crippen LogP contribution in [0, 0.1) is 0 Å². The molecule has 0 saturated heterocycles. The lowest BCUT2D eigenvalue weighted by molar-refractivity contribution is 0.412. The van der Waals surface area contributed by atoms with E-state index in [0.717, 1.165) is 5.56 Å². The second-order valence-corrected chi connectivity index (χ2v) is 6.10. The molecule has 6 heteroatoms. The van der Waals surface area contributed by atoms with E-state index in [1.807, 2.05) is 6.07 Å². The van der Waals surface area contributed by atoms with E-state index in [1.165, 1.54) is 32.1 Å². The van der Waals surface area contributed by atoms with Gasteiger partial charge in [0.25, 0.3) is 0 Å². The van der Waals surface area contributed by atoms with Crippen molar-refractivity contribution < 1.29 is 0 Å². The van der Waals surface area contributed by atoms with Crippen LogP contribution in [0.4, 0.5) is 0 Å². The predicted octanol–water partition coefficient (Wildman–Crippen LogP) is 4.12. The van der Waals surface area contributed by atoms with Gasteiger partial charge >= 0.3 is 0 Å². The molecule has 1 saturated carbocycles. The molecule has 0 unspecified atom stereocenters. The van der Waals surface area contributed by atoms with Crippen LogP contribution in [0.2, 0.25) is 10.0 Å². The molecule has 0 aromatic heterocycles. The standard InChI is InChI=1S/C14H17Cl2N3S/c15-11-7-6-10(13(16)8-11)9-17-19-14(20)18-12-4-2-1-3-5-12/h6-9,12H,1-5H2,(H2,18,19,20)/b17-9-. The number of thiocarbonyl (C=S) groups is 1. The number of nitrogens with zero attached hydrogens (tertiary/aromatic N) is 1. The minimum absolute atomic E-state index is 0.470. The van der Waals surface area contributed by atoms with Crippen molar-refractivity contribution in [3.8, 4) is 0 Å². The summed E-state index contributed by atoms with van der Waals surface area (Å²) in [6.45, 7) is 0. The number of halogens is 2. The monoisotopic (exact) mass is 329 g/mol. The van der Waals surface area contributed by atoms with Crippen LogP contribution in [0.15, 0.2) is 23.3 Å². The van der Waals surface area contributed by atoms with Gasteiger partial charge in [0.05, 0.1) is 11.2 Å². The molecule has 1 aliphatic rings. The average Bonchev–Trinajstić information content (AvgIpc) is 2.42. The number of benzene rings is 1. The zero-order valence-corrected chi connectivity index (χ0v) is 13.4. The molecule has 0 spiro atoms. The van der Waals surface area contributed by atoms with Gasteiger partial charge in [-0.05, 0) is 37.2 Å². The highest BCUT2D eigenvalue weighted by molar-refractivity contribution is 7.80. The van der Waals surface area contributed by atoms with Crippen molar-refractivity contribution in [3.63, 3.8) is 0 Å². The third kappa shape index (κ3) is 4.93. The van der Waals surface area contributed by atoms with Gasteiger partial charge in [-0.25, -0.2) is 0 Å². The largest absolute Gasteiger partial charge is 0.359 e. The molecule has 0 bridgehead atoms. The van der Waals surface area contributed by atoms with E-state index in [0.29, 0.717) is 21.2 Å². The minimum Gasteiger partial charge on any atom is -0.359 e. The number of nitrogens with one attached hydrogen (secondary N) is 2. The highest BCUT2D eigenvalue weighted by atomic mass is 35.5. The van der Waals surface area contributed by atoms with Gasteiger partial charge in [0.1, 0.15) is 0 Å². The highest BCUT2D eigenvalue weighted by Gasteiger charge is 2.13. The van der Waals surface area contributed by atoms with E-state index in [1.54, 1.807) is 18.3 Å². The van der Waals surface area contributed by atoms with Crippen LogP contribution in [0.3, 0.4) is 0 Å². The summed E-state index contributed by atoms with van der Waals surface area (Å²) in [4.78, 5) is 0. The van der Waals surface area contributed by atoms with Gasteiger partial charge in [-0.15, -0.1) is 0 Å². The van der Waals surface area contributed by atoms with E-state index >= 15 is 0 Å². The first kappa shape index (κ1) is 15.5. The third-order valence-electron chi connectivity index (χ3n) is 3.27. The number of hydrogen-bond acceptors (Lipinski definition) is 2. The van der Waals surface area contributed by atoms with Crippen LogP contribution in [0.25, 0.3) is 0 Å². The Kier molecular flexibility index (Phi) is 6.07. The minimum atomic E-state index is 0.470. The normalized spacial score (nSPS) is 16.3. The van der Waals surface area contributed by atoms with Gasteiger partial charge in [0, 0.05) is 16.6 Å². The van der Waals surface area contributed by atoms with Crippen LogP contribution in [0.1, 0.15) is 37.7 Å². The lowest BCUT2D eigenvalue weighted by Gasteiger charge is -2.23. The molecule has 1 aromatic carbocycles. The fourth-order valence-electron chi connectivity index (χ4n) is 2.23. The molecule has 1 aromatic rings. The van der Waals surface area contributed by atoms with Crippen LogP contribution in [-0.4, -0.2) is 17.4 Å². The Bertz CT molecular complexity index is 499. The van der Waals surface area contributed by atoms with Crippen molar-refractivity contribution in [2.24, 2.45) is 5.10 Å². The average molecular weight is 330 g/mol. The summed E-state index contributed by atoms with van der Waals surface area (Å²) in [5.41, 5.74) is 3.61. The van der Waals surface area contributed by atoms with Crippen molar-refractivity contribution >= 4 is 46.7 Å². The van der Waals surface area contributed by atoms with Crippen LogP contribution in [0.5, 0.6) is 0 Å². The van der Waals surface area contributed by atoms with E-state index in [-0.39, 0.29) is 0 Å². The Balaban J connectivity index is 1.81. The molecule has 0 heterocycles. The van der Waals surface area contributed by atoms with Gasteiger partial charge in [-0.2, -0.15) is 5.10 Å². The van der Waals surface area contributed by atoms with Crippen molar-refractivity contribution in [1.82, 2.24) is 10.7 Å². The molecule has 1 aliphatic carbocycles. The summed E-state index contributed by atoms with van der Waals surface area (Å²) >= 11 is 17.1. The summed E-state index contributed by atoms with van der Waals surface area (Å²) in [5.74, 6) is 0. The second kappa shape index (κ2) is 7.81. The summed E-state index contributed by atoms with van der Waals surface area (Å²) < 4.78 is 0. The second-order valence-electron chi connectivity index (χ2n) is 4.84. The molecule has 2 N–H and O–H groups in total. The Morgan fingerprint density at radius 1 is 1.25 bits per heavy atom. The maximum absolute atomic E-state index is 6.05. The quantitative estimate of drug-likeness (QED) is 0.497. The van der Waals surface area contributed by atoms with Crippen molar-refractivity contribution in [2.45, 2.75) is 38.1 Å². The molecule has 1 fully saturated rings. The first-order valence-electron chi connectivity index (χ1n) is 6.70. The van der Waals surface area contributed by atoms with Crippen molar-refractivity contribution in [3.05, 3.63) is 33.8 Å². The Hall–Kier alpha value is -0.840. The van der Waals surface area contributed by atoms with Gasteiger partial charge in [-0.3, -0.25) is 5.43 Å². The van der Waals surface area contributed by atoms with E-state index in [9.17, 15) is 0 Å². The molecule has 108 valence electrons. The van der Waals surface area contributed by atoms with Crippen LogP contribution in [-0.2, 0) is 0 Å². The molecular weight excluding hydrogens is 313 g/mol. The molecule has 2 rings (SSSR count). The van der Waals surface area contributed by atoms with E-state index in [4.69, 9.17) is 35.4 Å². The van der Waals surface area contributed by atoms with Gasteiger partial charge < -0.3 is 5.32 Å². The maximum Gasteiger partial charge on any atom is 0.187 e. The van der Waals surface area contributed by atoms with Gasteiger partial charge in [0.15, 0.2) is 5.11 Å². The Labute approximate surface area is 134 Å². The molecule has 0 radical (unpaired) electrons. The van der Waals surface area contributed by atoms with Crippen molar-refractivity contribution in [2.75, 3.05) is 0 Å². The zero-order valence-electron chi connectivity index (χ0n) is 11.0. The van der Waals surface area contributed by atoms with E-state index in [2.05, 4.69) is 15.8 Å². The Morgan fingerprint density at radius 2 is 2.00 bits per heavy atom. The maximum atomic E-state index is 6.05. The topological polar surface area (TPSA) is 36.4 Å². The first-order valence-corrected chi connectivity index (χ1v) is 7.86. The summed E-state index contributed by atoms with van der Waals surface area (Å²) in [6, 6.07) is 5.74. The molecule has 3 nitrogen and oxygen atoms in total. The Morgan fingerprint density at radius 3 is 2.70 bits per heavy atom. The van der Waals surface area contributed by atoms with E-state index < -0.39 is 0 Å². The molecule has 0 aliphatic heterocycles. The summed E-state index contributed by atoms with van der Waals surface area (Å²) in [6.07, 6.45) is 7.84. The fraction of sp³-hybridized carbons (Fsp3) is 0.429. The number of hydrogen-bond donors (Lipinski definition) is 2. The SMILES string of the molecule is S=C(N/N=C\c1ccc(Cl)cc1Cl)NC1CCCCC1. The van der Waals surface area contributed by atoms with Crippen LogP contribution < -0.4 is 10.7 Å². The molecule has 20 heavy (non-hydrogen) atoms. The van der Waals surface area contributed by atoms with Gasteiger partial charge in [-0.1, -0.05) is 48.5 Å². The lowest BCUT2D eigenvalue weighted by atomic mass is 9.96. The third-order valence-corrected chi connectivity index (χ3v) is 4.04. The highest BCUT2D eigenvalue weighted by Crippen LogP contribution is 2.19. The molecule has 0 amide bonds. The number of rotatable bonds is 3. The summed E-state index contributed by atoms with van der Waals surface area (Å²) in [5, 5.41) is 9.10. The summed E-state index contributed by atoms with van der Waals surface area (Å²) in [7, 11) is 0. The first-order chi connectivity index (χ1) is 9.65. The predicted molar refractivity (Wildman–Crippen MR) is 89.8 cm³/mol. The van der Waals surface area contributed by atoms with Crippen LogP contribution >= 0.6 is 35.4 Å². The fourth-order valence-corrected chi connectivity index (χ4v) is 2.91. The smallest absolute Gasteiger partial charge is 0.187 e. The molecule has 0 atom stereocenters.